The molecule has 1 saturated carbocycles. The highest BCUT2D eigenvalue weighted by molar-refractivity contribution is 6.15. The molecular formula is C35H46ClNO3. The molecule has 4 rings (SSSR count). The van der Waals surface area contributed by atoms with Gasteiger partial charge in [0.2, 0.25) is 0 Å². The summed E-state index contributed by atoms with van der Waals surface area (Å²) in [5.74, 6) is 1.93. The van der Waals surface area contributed by atoms with E-state index in [2.05, 4.69) is 52.1 Å². The van der Waals surface area contributed by atoms with Gasteiger partial charge in [0.05, 0.1) is 6.04 Å². The Kier molecular flexibility index (Phi) is 11.4. The maximum absolute atomic E-state index is 13.1. The number of ether oxygens (including phenoxy) is 1. The molecule has 0 radical (unpaired) electrons. The number of hydrogen-bond donors (Lipinski definition) is 2. The van der Waals surface area contributed by atoms with Crippen LogP contribution in [0.2, 0.25) is 0 Å². The molecular weight excluding hydrogens is 518 g/mol. The van der Waals surface area contributed by atoms with Gasteiger partial charge in [-0.15, -0.1) is 0 Å². The van der Waals surface area contributed by atoms with Gasteiger partial charge in [-0.1, -0.05) is 89.2 Å². The van der Waals surface area contributed by atoms with Crippen LogP contribution < -0.4 is 22.5 Å². The Bertz CT molecular complexity index is 1270. The molecule has 40 heavy (non-hydrogen) atoms. The van der Waals surface area contributed by atoms with Gasteiger partial charge < -0.3 is 27.6 Å². The van der Waals surface area contributed by atoms with E-state index in [4.69, 9.17) is 4.74 Å². The van der Waals surface area contributed by atoms with Crippen molar-refractivity contribution >= 4 is 22.6 Å². The molecule has 1 fully saturated rings. The van der Waals surface area contributed by atoms with Crippen LogP contribution in [0.1, 0.15) is 87.7 Å². The molecule has 5 heteroatoms. The number of carbonyl (C=O) groups excluding carboxylic acids is 1. The number of quaternary nitrogens is 1. The zero-order chi connectivity index (χ0) is 28.0. The number of aliphatic hydroxyl groups is 1. The van der Waals surface area contributed by atoms with Crippen molar-refractivity contribution in [2.24, 2.45) is 11.3 Å². The van der Waals surface area contributed by atoms with E-state index in [0.717, 1.165) is 22.3 Å². The number of ketones is 1. The summed E-state index contributed by atoms with van der Waals surface area (Å²) in [7, 11) is 0. The standard InChI is InChI=1S/C35H45NO3.ClH/c1-24(2)26-13-10-25(11-14-26)12-20-33(38)31-19-21-34(32-9-7-6-8-30(31)32)39-23-29(37)22-36-28-17-15-27(16-18-28)35(3,4)5;/h6-14,19-21,24,27-29,36-37H,15-18,22-23H2,1-5H3;1H/b20-12+;. The van der Waals surface area contributed by atoms with Crippen molar-refractivity contribution in [3.8, 4) is 5.75 Å². The van der Waals surface area contributed by atoms with Crippen LogP contribution in [-0.4, -0.2) is 36.2 Å². The molecule has 4 nitrogen and oxygen atoms in total. The van der Waals surface area contributed by atoms with Crippen LogP contribution in [0.3, 0.4) is 0 Å². The van der Waals surface area contributed by atoms with Crippen LogP contribution in [0.15, 0.2) is 66.7 Å². The predicted molar refractivity (Wildman–Crippen MR) is 161 cm³/mol. The molecule has 3 aromatic rings. The first-order valence-electron chi connectivity index (χ1n) is 14.6. The van der Waals surface area contributed by atoms with Crippen molar-refractivity contribution in [1.82, 2.24) is 0 Å². The van der Waals surface area contributed by atoms with Gasteiger partial charge in [0.1, 0.15) is 25.0 Å². The highest BCUT2D eigenvalue weighted by Crippen LogP contribution is 2.37. The third kappa shape index (κ3) is 8.42. The second kappa shape index (κ2) is 14.3. The van der Waals surface area contributed by atoms with Gasteiger partial charge >= 0.3 is 0 Å². The minimum Gasteiger partial charge on any atom is -1.00 e. The number of aliphatic hydroxyl groups excluding tert-OH is 1. The van der Waals surface area contributed by atoms with E-state index < -0.39 is 6.10 Å². The Morgan fingerprint density at radius 3 is 2.25 bits per heavy atom. The topological polar surface area (TPSA) is 63.1 Å². The normalized spacial score (nSPS) is 18.6. The summed E-state index contributed by atoms with van der Waals surface area (Å²) in [5.41, 5.74) is 3.32. The average Bonchev–Trinajstić information content (AvgIpc) is 2.93. The van der Waals surface area contributed by atoms with Crippen LogP contribution in [0.25, 0.3) is 16.8 Å². The van der Waals surface area contributed by atoms with Crippen molar-refractivity contribution in [2.45, 2.75) is 78.4 Å². The summed E-state index contributed by atoms with van der Waals surface area (Å²) in [4.78, 5) is 13.1. The van der Waals surface area contributed by atoms with E-state index in [0.29, 0.717) is 35.2 Å². The van der Waals surface area contributed by atoms with Gasteiger partial charge in [0.15, 0.2) is 5.78 Å². The molecule has 216 valence electrons. The van der Waals surface area contributed by atoms with Gasteiger partial charge in [-0.3, -0.25) is 4.79 Å². The number of fused-ring (bicyclic) bond motifs is 1. The number of hydrogen-bond acceptors (Lipinski definition) is 3. The number of halogens is 1. The Morgan fingerprint density at radius 2 is 1.62 bits per heavy atom. The third-order valence-corrected chi connectivity index (χ3v) is 8.35. The summed E-state index contributed by atoms with van der Waals surface area (Å²) in [6.45, 7) is 12.3. The summed E-state index contributed by atoms with van der Waals surface area (Å²) < 4.78 is 6.08. The first-order valence-corrected chi connectivity index (χ1v) is 14.6. The highest BCUT2D eigenvalue weighted by atomic mass is 35.5. The smallest absolute Gasteiger partial charge is 0.186 e. The Morgan fingerprint density at radius 1 is 0.975 bits per heavy atom. The van der Waals surface area contributed by atoms with Gasteiger partial charge in [-0.2, -0.15) is 0 Å². The fourth-order valence-electron chi connectivity index (χ4n) is 5.69. The quantitative estimate of drug-likeness (QED) is 0.292. The van der Waals surface area contributed by atoms with Crippen molar-refractivity contribution in [1.29, 1.82) is 0 Å². The fraction of sp³-hybridized carbons (Fsp3) is 0.457. The zero-order valence-electron chi connectivity index (χ0n) is 24.7. The van der Waals surface area contributed by atoms with Crippen LogP contribution in [-0.2, 0) is 0 Å². The number of carbonyl (C=O) groups is 1. The average molecular weight is 564 g/mol. The lowest BCUT2D eigenvalue weighted by atomic mass is 9.71. The number of allylic oxidation sites excluding steroid dienone is 1. The molecule has 0 aromatic heterocycles. The zero-order valence-corrected chi connectivity index (χ0v) is 25.5. The monoisotopic (exact) mass is 563 g/mol. The summed E-state index contributed by atoms with van der Waals surface area (Å²) in [6.07, 6.45) is 7.94. The molecule has 3 N–H and O–H groups in total. The van der Waals surface area contributed by atoms with Crippen molar-refractivity contribution < 1.29 is 32.4 Å². The predicted octanol–water partition coefficient (Wildman–Crippen LogP) is 3.77. The second-order valence-corrected chi connectivity index (χ2v) is 12.6. The fourth-order valence-corrected chi connectivity index (χ4v) is 5.69. The van der Waals surface area contributed by atoms with Crippen molar-refractivity contribution in [3.63, 3.8) is 0 Å². The minimum atomic E-state index is -0.546. The Hall–Kier alpha value is -2.66. The molecule has 1 aliphatic carbocycles. The molecule has 1 atom stereocenters. The van der Waals surface area contributed by atoms with Crippen LogP contribution in [0.5, 0.6) is 5.75 Å². The lowest BCUT2D eigenvalue weighted by Gasteiger charge is -2.36. The van der Waals surface area contributed by atoms with Gasteiger partial charge in [0.25, 0.3) is 0 Å². The van der Waals surface area contributed by atoms with Crippen molar-refractivity contribution in [3.05, 3.63) is 83.4 Å². The molecule has 1 unspecified atom stereocenters. The van der Waals surface area contributed by atoms with E-state index in [1.165, 1.54) is 31.2 Å². The first kappa shape index (κ1) is 31.9. The number of benzene rings is 3. The molecule has 0 saturated heterocycles. The largest absolute Gasteiger partial charge is 1.00 e. The van der Waals surface area contributed by atoms with E-state index >= 15 is 0 Å². The number of rotatable bonds is 10. The van der Waals surface area contributed by atoms with E-state index in [9.17, 15) is 9.90 Å². The van der Waals surface area contributed by atoms with Crippen molar-refractivity contribution in [2.75, 3.05) is 13.2 Å². The molecule has 1 aliphatic rings. The van der Waals surface area contributed by atoms with Crippen LogP contribution in [0.4, 0.5) is 0 Å². The first-order chi connectivity index (χ1) is 18.6. The van der Waals surface area contributed by atoms with E-state index in [1.54, 1.807) is 6.08 Å². The van der Waals surface area contributed by atoms with E-state index in [-0.39, 0.29) is 24.8 Å². The van der Waals surface area contributed by atoms with Gasteiger partial charge in [-0.25, -0.2) is 0 Å². The Labute approximate surface area is 246 Å². The SMILES string of the molecule is CC(C)c1ccc(/C=C/C(=O)c2ccc(OCC(O)C[NH2+]C3CCC(C(C)(C)C)CC3)c3ccccc23)cc1.[Cl-]. The molecule has 3 aromatic carbocycles. The summed E-state index contributed by atoms with van der Waals surface area (Å²) >= 11 is 0. The third-order valence-electron chi connectivity index (χ3n) is 8.35. The summed E-state index contributed by atoms with van der Waals surface area (Å²) in [6, 6.07) is 20.4. The lowest BCUT2D eigenvalue weighted by Crippen LogP contribution is -3.00. The van der Waals surface area contributed by atoms with E-state index in [1.807, 2.05) is 54.6 Å². The van der Waals surface area contributed by atoms with Crippen LogP contribution in [0, 0.1) is 11.3 Å². The molecule has 0 heterocycles. The molecule has 0 bridgehead atoms. The second-order valence-electron chi connectivity index (χ2n) is 12.6. The molecule has 0 aliphatic heterocycles. The lowest BCUT2D eigenvalue weighted by molar-refractivity contribution is -0.697. The molecule has 0 spiro atoms. The van der Waals surface area contributed by atoms with Gasteiger partial charge in [0, 0.05) is 10.9 Å². The Balaban J connectivity index is 0.00000441. The minimum absolute atomic E-state index is 0. The maximum atomic E-state index is 13.1. The summed E-state index contributed by atoms with van der Waals surface area (Å²) in [5, 5.41) is 14.7. The highest BCUT2D eigenvalue weighted by Gasteiger charge is 2.31. The van der Waals surface area contributed by atoms with Crippen LogP contribution >= 0.6 is 0 Å². The molecule has 0 amide bonds. The number of nitrogens with two attached hydrogens (primary N) is 1. The van der Waals surface area contributed by atoms with Gasteiger partial charge in [-0.05, 0) is 77.7 Å². The maximum Gasteiger partial charge on any atom is 0.186 e.